The number of carbonyl (C=O) groups is 2. The number of rotatable bonds is 8. The normalized spacial score (nSPS) is 20.2. The van der Waals surface area contributed by atoms with Crippen molar-refractivity contribution in [1.29, 1.82) is 0 Å². The Kier molecular flexibility index (Phi) is 7.25. The number of halogens is 2. The quantitative estimate of drug-likeness (QED) is 0.344. The fraction of sp³-hybridized carbons (Fsp3) is 0.630. The Hall–Kier alpha value is -3.28. The molecule has 5 rings (SSSR count). The molecule has 2 saturated carbocycles. The maximum atomic E-state index is 13.3. The molecule has 10 nitrogen and oxygen atoms in total. The number of carbonyl (C=O) groups excluding carboxylic acids is 2. The zero-order chi connectivity index (χ0) is 28.1. The Labute approximate surface area is 225 Å². The maximum Gasteiger partial charge on any atom is 0.378 e. The highest BCUT2D eigenvalue weighted by atomic mass is 19.3. The van der Waals surface area contributed by atoms with Gasteiger partial charge in [-0.25, -0.2) is 18.7 Å². The van der Waals surface area contributed by atoms with Crippen molar-refractivity contribution < 1.29 is 28.0 Å². The SMILES string of the molecule is Cc1[nH]n2c(=O)c(C(=O)NC3CC3)c(O)[n+](CC(C)C)c2c1/C=C/C(=O)N1CCN(CC2CC(F)(F)C2)CC1. The summed E-state index contributed by atoms with van der Waals surface area (Å²) in [5.74, 6) is -3.59. The summed E-state index contributed by atoms with van der Waals surface area (Å²) in [7, 11) is 0. The molecule has 3 heterocycles. The summed E-state index contributed by atoms with van der Waals surface area (Å²) >= 11 is 0. The van der Waals surface area contributed by atoms with E-state index in [1.54, 1.807) is 22.5 Å². The number of amides is 2. The summed E-state index contributed by atoms with van der Waals surface area (Å²) in [6, 6.07) is 0.0234. The van der Waals surface area contributed by atoms with Crippen LogP contribution in [0.4, 0.5) is 8.78 Å². The van der Waals surface area contributed by atoms with Gasteiger partial charge in [0.1, 0.15) is 0 Å². The van der Waals surface area contributed by atoms with E-state index in [9.17, 15) is 28.3 Å². The summed E-state index contributed by atoms with van der Waals surface area (Å²) in [6.07, 6.45) is 4.67. The topological polar surface area (TPSA) is 114 Å². The highest BCUT2D eigenvalue weighted by molar-refractivity contribution is 5.96. The van der Waals surface area contributed by atoms with Crippen molar-refractivity contribution in [3.8, 4) is 5.88 Å². The van der Waals surface area contributed by atoms with Crippen molar-refractivity contribution in [2.45, 2.75) is 65.0 Å². The van der Waals surface area contributed by atoms with Crippen molar-refractivity contribution in [2.75, 3.05) is 32.7 Å². The Morgan fingerprint density at radius 3 is 2.46 bits per heavy atom. The van der Waals surface area contributed by atoms with E-state index in [1.807, 2.05) is 13.8 Å². The van der Waals surface area contributed by atoms with E-state index in [4.69, 9.17) is 0 Å². The lowest BCUT2D eigenvalue weighted by molar-refractivity contribution is -0.686. The zero-order valence-electron chi connectivity index (χ0n) is 22.7. The second-order valence-electron chi connectivity index (χ2n) is 11.7. The van der Waals surface area contributed by atoms with Gasteiger partial charge in [0, 0.05) is 57.7 Å². The lowest BCUT2D eigenvalue weighted by Crippen LogP contribution is -2.51. The van der Waals surface area contributed by atoms with Crippen LogP contribution in [-0.2, 0) is 11.3 Å². The van der Waals surface area contributed by atoms with Gasteiger partial charge >= 0.3 is 17.1 Å². The molecule has 39 heavy (non-hydrogen) atoms. The minimum absolute atomic E-state index is 0.0182. The molecule has 3 N–H and O–H groups in total. The number of aromatic hydroxyl groups is 1. The number of nitrogens with one attached hydrogen (secondary N) is 2. The first kappa shape index (κ1) is 27.3. The van der Waals surface area contributed by atoms with Crippen LogP contribution < -0.4 is 15.4 Å². The van der Waals surface area contributed by atoms with Crippen LogP contribution in [0, 0.1) is 18.8 Å². The first-order chi connectivity index (χ1) is 18.4. The standard InChI is InChI=1S/C27H36F2N6O4/c1-16(2)14-34-24-20(17(3)31-35(24)26(39)22(25(34)38)23(37)30-19-4-5-19)6-7-21(36)33-10-8-32(9-11-33)15-18-12-27(28,29)13-18/h6-7,16,18-19H,4-5,8-15H2,1-3H3,(H2,30,37,38,39)/p+1/b7-6+. The molecule has 2 aromatic rings. The second kappa shape index (κ2) is 10.4. The smallest absolute Gasteiger partial charge is 0.378 e. The second-order valence-corrected chi connectivity index (χ2v) is 11.7. The molecule has 212 valence electrons. The number of fused-ring (bicyclic) bond motifs is 1. The molecule has 0 unspecified atom stereocenters. The summed E-state index contributed by atoms with van der Waals surface area (Å²) in [5, 5.41) is 16.9. The van der Waals surface area contributed by atoms with E-state index in [0.29, 0.717) is 56.2 Å². The number of piperazine rings is 1. The Bertz CT molecular complexity index is 1360. The van der Waals surface area contributed by atoms with Gasteiger partial charge in [0.2, 0.25) is 17.4 Å². The van der Waals surface area contributed by atoms with Crippen LogP contribution in [0.2, 0.25) is 0 Å². The van der Waals surface area contributed by atoms with Gasteiger partial charge in [-0.2, -0.15) is 4.57 Å². The van der Waals surface area contributed by atoms with Crippen LogP contribution in [0.5, 0.6) is 5.88 Å². The van der Waals surface area contributed by atoms with Crippen LogP contribution >= 0.6 is 0 Å². The van der Waals surface area contributed by atoms with Crippen LogP contribution in [0.25, 0.3) is 11.7 Å². The molecule has 2 amide bonds. The van der Waals surface area contributed by atoms with Crippen molar-refractivity contribution in [1.82, 2.24) is 24.7 Å². The number of nitrogens with zero attached hydrogens (tertiary/aromatic N) is 4. The highest BCUT2D eigenvalue weighted by Crippen LogP contribution is 2.42. The number of H-pyrrole nitrogens is 1. The number of aryl methyl sites for hydroxylation is 1. The third-order valence-electron chi connectivity index (χ3n) is 7.74. The minimum atomic E-state index is -2.52. The fourth-order valence-electron chi connectivity index (χ4n) is 5.54. The van der Waals surface area contributed by atoms with Crippen molar-refractivity contribution >= 4 is 23.5 Å². The molecule has 0 radical (unpaired) electrons. The summed E-state index contributed by atoms with van der Waals surface area (Å²) in [6.45, 7) is 8.96. The van der Waals surface area contributed by atoms with Crippen molar-refractivity contribution in [3.63, 3.8) is 0 Å². The lowest BCUT2D eigenvalue weighted by atomic mass is 9.81. The Balaban J connectivity index is 1.35. The van der Waals surface area contributed by atoms with Gasteiger partial charge in [-0.15, -0.1) is 0 Å². The van der Waals surface area contributed by atoms with Crippen LogP contribution in [-0.4, -0.2) is 81.0 Å². The first-order valence-electron chi connectivity index (χ1n) is 13.7. The van der Waals surface area contributed by atoms with Gasteiger partial charge in [0.25, 0.3) is 5.91 Å². The Morgan fingerprint density at radius 1 is 1.21 bits per heavy atom. The molecule has 12 heteroatoms. The molecule has 0 spiro atoms. The van der Waals surface area contributed by atoms with E-state index >= 15 is 0 Å². The molecule has 3 aliphatic rings. The molecule has 2 aliphatic carbocycles. The molecule has 3 fully saturated rings. The van der Waals surface area contributed by atoms with Gasteiger partial charge in [-0.05, 0) is 37.7 Å². The van der Waals surface area contributed by atoms with E-state index in [1.165, 1.54) is 10.6 Å². The number of hydrogen-bond donors (Lipinski definition) is 3. The van der Waals surface area contributed by atoms with E-state index in [-0.39, 0.29) is 42.2 Å². The van der Waals surface area contributed by atoms with E-state index < -0.39 is 23.3 Å². The maximum absolute atomic E-state index is 13.3. The molecule has 1 saturated heterocycles. The van der Waals surface area contributed by atoms with E-state index in [0.717, 1.165) is 12.8 Å². The number of alkyl halides is 2. The highest BCUT2D eigenvalue weighted by Gasteiger charge is 2.45. The molecule has 0 aromatic carbocycles. The molecule has 0 bridgehead atoms. The van der Waals surface area contributed by atoms with Gasteiger partial charge in [0.15, 0.2) is 0 Å². The average Bonchev–Trinajstić information content (AvgIpc) is 3.59. The van der Waals surface area contributed by atoms with Crippen molar-refractivity contribution in [2.24, 2.45) is 11.8 Å². The number of hydrogen-bond acceptors (Lipinski definition) is 5. The first-order valence-corrected chi connectivity index (χ1v) is 13.7. The number of aromatic nitrogens is 3. The zero-order valence-corrected chi connectivity index (χ0v) is 22.7. The predicted molar refractivity (Wildman–Crippen MR) is 140 cm³/mol. The predicted octanol–water partition coefficient (Wildman–Crippen LogP) is 1.68. The van der Waals surface area contributed by atoms with Crippen LogP contribution in [0.15, 0.2) is 10.9 Å². The van der Waals surface area contributed by atoms with Gasteiger partial charge in [-0.1, -0.05) is 18.4 Å². The third-order valence-corrected chi connectivity index (χ3v) is 7.74. The van der Waals surface area contributed by atoms with Gasteiger partial charge in [-0.3, -0.25) is 14.5 Å². The number of aromatic amines is 1. The molecular weight excluding hydrogens is 510 g/mol. The molecular formula is C27H37F2N6O4+. The largest absolute Gasteiger partial charge is 0.477 e. The Morgan fingerprint density at radius 2 is 1.87 bits per heavy atom. The molecule has 1 aliphatic heterocycles. The van der Waals surface area contributed by atoms with Crippen LogP contribution in [0.1, 0.15) is 61.1 Å². The summed E-state index contributed by atoms with van der Waals surface area (Å²) in [5.41, 5.74) is 0.578. The van der Waals surface area contributed by atoms with Gasteiger partial charge in [0.05, 0.1) is 17.8 Å². The monoisotopic (exact) mass is 547 g/mol. The molecule has 0 atom stereocenters. The third kappa shape index (κ3) is 5.70. The van der Waals surface area contributed by atoms with E-state index in [2.05, 4.69) is 15.3 Å². The minimum Gasteiger partial charge on any atom is -0.477 e. The van der Waals surface area contributed by atoms with Crippen molar-refractivity contribution in [3.05, 3.63) is 33.3 Å². The molecule has 2 aromatic heterocycles. The lowest BCUT2D eigenvalue weighted by Gasteiger charge is -2.41. The average molecular weight is 548 g/mol. The fourth-order valence-corrected chi connectivity index (χ4v) is 5.54. The van der Waals surface area contributed by atoms with Crippen LogP contribution in [0.3, 0.4) is 0 Å². The summed E-state index contributed by atoms with van der Waals surface area (Å²) < 4.78 is 29.1. The van der Waals surface area contributed by atoms with Gasteiger partial charge < -0.3 is 15.3 Å². The summed E-state index contributed by atoms with van der Waals surface area (Å²) in [4.78, 5) is 43.0.